The highest BCUT2D eigenvalue weighted by molar-refractivity contribution is 9.11. The van der Waals surface area contributed by atoms with Crippen molar-refractivity contribution in [3.05, 3.63) is 68.1 Å². The van der Waals surface area contributed by atoms with Gasteiger partial charge in [0.2, 0.25) is 0 Å². The van der Waals surface area contributed by atoms with Crippen molar-refractivity contribution in [2.45, 2.75) is 13.8 Å². The van der Waals surface area contributed by atoms with Gasteiger partial charge < -0.3 is 10.1 Å². The van der Waals surface area contributed by atoms with Gasteiger partial charge >= 0.3 is 0 Å². The maximum absolute atomic E-state index is 13.0. The molecule has 0 spiro atoms. The van der Waals surface area contributed by atoms with Crippen LogP contribution in [0.2, 0.25) is 0 Å². The summed E-state index contributed by atoms with van der Waals surface area (Å²) in [7, 11) is 1.57. The van der Waals surface area contributed by atoms with E-state index in [1.165, 1.54) is 0 Å². The molecular weight excluding hydrogens is 446 g/mol. The van der Waals surface area contributed by atoms with E-state index in [1.54, 1.807) is 7.11 Å². The summed E-state index contributed by atoms with van der Waals surface area (Å²) in [5.41, 5.74) is 3.31. The first-order valence-electron chi connectivity index (χ1n) is 7.75. The smallest absolute Gasteiger partial charge is 0.259 e. The molecule has 0 aliphatic rings. The summed E-state index contributed by atoms with van der Waals surface area (Å²) in [6, 6.07) is 13.7. The van der Waals surface area contributed by atoms with Crippen LogP contribution in [0.4, 0.5) is 5.69 Å². The molecular formula is C20H17Br2NO2. The molecule has 0 aromatic heterocycles. The predicted molar refractivity (Wildman–Crippen MR) is 110 cm³/mol. The van der Waals surface area contributed by atoms with Crippen LogP contribution in [0, 0.1) is 13.8 Å². The standard InChI is InChI=1S/C20H17Br2NO2/c1-11-8-14(21)9-12(2)18(11)23-20(24)16-10-13-6-4-5-7-15(13)17(22)19(16)25-3/h4-10H,1-3H3,(H,23,24). The van der Waals surface area contributed by atoms with Gasteiger partial charge in [-0.1, -0.05) is 40.2 Å². The molecule has 0 aliphatic heterocycles. The highest BCUT2D eigenvalue weighted by Crippen LogP contribution is 2.37. The second kappa shape index (κ2) is 7.18. The van der Waals surface area contributed by atoms with E-state index in [-0.39, 0.29) is 5.91 Å². The number of fused-ring (bicyclic) bond motifs is 1. The number of methoxy groups -OCH3 is 1. The van der Waals surface area contributed by atoms with Gasteiger partial charge in [0.1, 0.15) is 5.75 Å². The number of hydrogen-bond acceptors (Lipinski definition) is 2. The fourth-order valence-corrected chi connectivity index (χ4v) is 4.36. The van der Waals surface area contributed by atoms with Crippen LogP contribution in [0.5, 0.6) is 5.75 Å². The van der Waals surface area contributed by atoms with Gasteiger partial charge in [0, 0.05) is 10.2 Å². The van der Waals surface area contributed by atoms with Gasteiger partial charge in [0.25, 0.3) is 5.91 Å². The molecule has 0 atom stereocenters. The van der Waals surface area contributed by atoms with E-state index in [0.29, 0.717) is 11.3 Å². The number of nitrogens with one attached hydrogen (secondary N) is 1. The Bertz CT molecular complexity index is 960. The normalized spacial score (nSPS) is 10.8. The largest absolute Gasteiger partial charge is 0.495 e. The number of halogens is 2. The van der Waals surface area contributed by atoms with Crippen molar-refractivity contribution in [3.63, 3.8) is 0 Å². The van der Waals surface area contributed by atoms with Crippen LogP contribution in [-0.2, 0) is 0 Å². The van der Waals surface area contributed by atoms with Crippen molar-refractivity contribution in [1.29, 1.82) is 0 Å². The number of amides is 1. The van der Waals surface area contributed by atoms with Gasteiger partial charge in [-0.25, -0.2) is 0 Å². The second-order valence-corrected chi connectivity index (χ2v) is 7.57. The van der Waals surface area contributed by atoms with E-state index in [0.717, 1.165) is 36.5 Å². The minimum absolute atomic E-state index is 0.197. The summed E-state index contributed by atoms with van der Waals surface area (Å²) >= 11 is 7.05. The Kier molecular flexibility index (Phi) is 5.16. The van der Waals surface area contributed by atoms with Gasteiger partial charge in [-0.2, -0.15) is 0 Å². The Morgan fingerprint density at radius 1 is 1.04 bits per heavy atom. The van der Waals surface area contributed by atoms with E-state index in [2.05, 4.69) is 37.2 Å². The summed E-state index contributed by atoms with van der Waals surface area (Å²) in [5.74, 6) is 0.334. The van der Waals surface area contributed by atoms with E-state index in [4.69, 9.17) is 4.74 Å². The average molecular weight is 463 g/mol. The van der Waals surface area contributed by atoms with Crippen molar-refractivity contribution in [2.24, 2.45) is 0 Å². The second-order valence-electron chi connectivity index (χ2n) is 5.86. The van der Waals surface area contributed by atoms with Gasteiger partial charge in [0.05, 0.1) is 17.1 Å². The summed E-state index contributed by atoms with van der Waals surface area (Å²) in [6.45, 7) is 3.95. The lowest BCUT2D eigenvalue weighted by atomic mass is 10.0. The van der Waals surface area contributed by atoms with Crippen LogP contribution in [0.25, 0.3) is 10.8 Å². The van der Waals surface area contributed by atoms with E-state index >= 15 is 0 Å². The van der Waals surface area contributed by atoms with Crippen molar-refractivity contribution >= 4 is 54.2 Å². The molecule has 25 heavy (non-hydrogen) atoms. The number of anilines is 1. The van der Waals surface area contributed by atoms with Gasteiger partial charge in [-0.05, 0) is 69.9 Å². The molecule has 0 fully saturated rings. The first-order chi connectivity index (χ1) is 11.9. The summed E-state index contributed by atoms with van der Waals surface area (Å²) in [4.78, 5) is 13.0. The Labute approximate surface area is 163 Å². The van der Waals surface area contributed by atoms with Crippen LogP contribution in [0.3, 0.4) is 0 Å². The monoisotopic (exact) mass is 461 g/mol. The molecule has 3 aromatic carbocycles. The number of aryl methyl sites for hydroxylation is 2. The number of rotatable bonds is 3. The van der Waals surface area contributed by atoms with Crippen LogP contribution < -0.4 is 10.1 Å². The lowest BCUT2D eigenvalue weighted by molar-refractivity contribution is 0.102. The number of carbonyl (C=O) groups is 1. The zero-order valence-electron chi connectivity index (χ0n) is 14.1. The lowest BCUT2D eigenvalue weighted by Crippen LogP contribution is -2.15. The first-order valence-corrected chi connectivity index (χ1v) is 9.34. The van der Waals surface area contributed by atoms with Crippen molar-refractivity contribution < 1.29 is 9.53 Å². The van der Waals surface area contributed by atoms with Crippen molar-refractivity contribution in [3.8, 4) is 5.75 Å². The lowest BCUT2D eigenvalue weighted by Gasteiger charge is -2.16. The number of benzene rings is 3. The molecule has 0 radical (unpaired) electrons. The molecule has 3 nitrogen and oxygen atoms in total. The minimum atomic E-state index is -0.197. The molecule has 3 rings (SSSR count). The quantitative estimate of drug-likeness (QED) is 0.500. The Hall–Kier alpha value is -1.85. The summed E-state index contributed by atoms with van der Waals surface area (Å²) in [6.07, 6.45) is 0. The molecule has 0 bridgehead atoms. The van der Waals surface area contributed by atoms with E-state index in [1.807, 2.05) is 56.3 Å². The molecule has 0 saturated heterocycles. The average Bonchev–Trinajstić information content (AvgIpc) is 2.57. The molecule has 5 heteroatoms. The van der Waals surface area contributed by atoms with Crippen LogP contribution in [0.1, 0.15) is 21.5 Å². The maximum atomic E-state index is 13.0. The predicted octanol–water partition coefficient (Wildman–Crippen LogP) is 6.24. The van der Waals surface area contributed by atoms with E-state index < -0.39 is 0 Å². The topological polar surface area (TPSA) is 38.3 Å². The fourth-order valence-electron chi connectivity index (χ4n) is 2.94. The van der Waals surface area contributed by atoms with Crippen LogP contribution >= 0.6 is 31.9 Å². The highest BCUT2D eigenvalue weighted by Gasteiger charge is 2.19. The van der Waals surface area contributed by atoms with Crippen LogP contribution in [0.15, 0.2) is 51.4 Å². The molecule has 128 valence electrons. The molecule has 1 amide bonds. The minimum Gasteiger partial charge on any atom is -0.495 e. The molecule has 1 N–H and O–H groups in total. The van der Waals surface area contributed by atoms with Crippen molar-refractivity contribution in [2.75, 3.05) is 12.4 Å². The summed E-state index contributed by atoms with van der Waals surface area (Å²) in [5, 5.41) is 5.01. The number of carbonyl (C=O) groups excluding carboxylic acids is 1. The molecule has 3 aromatic rings. The van der Waals surface area contributed by atoms with Crippen molar-refractivity contribution in [1.82, 2.24) is 0 Å². The zero-order valence-corrected chi connectivity index (χ0v) is 17.3. The third kappa shape index (κ3) is 3.44. The molecule has 0 saturated carbocycles. The summed E-state index contributed by atoms with van der Waals surface area (Å²) < 4.78 is 7.28. The maximum Gasteiger partial charge on any atom is 0.259 e. The first kappa shape index (κ1) is 18.0. The molecule has 0 unspecified atom stereocenters. The Morgan fingerprint density at radius 3 is 2.32 bits per heavy atom. The SMILES string of the molecule is COc1c(C(=O)Nc2c(C)cc(Br)cc2C)cc2ccccc2c1Br. The van der Waals surface area contributed by atoms with Gasteiger partial charge in [-0.3, -0.25) is 4.79 Å². The van der Waals surface area contributed by atoms with Gasteiger partial charge in [0.15, 0.2) is 0 Å². The zero-order chi connectivity index (χ0) is 18.1. The highest BCUT2D eigenvalue weighted by atomic mass is 79.9. The van der Waals surface area contributed by atoms with Gasteiger partial charge in [-0.15, -0.1) is 0 Å². The number of hydrogen-bond donors (Lipinski definition) is 1. The fraction of sp³-hybridized carbons (Fsp3) is 0.150. The Balaban J connectivity index is 2.09. The molecule has 0 heterocycles. The molecule has 0 aliphatic carbocycles. The number of ether oxygens (including phenoxy) is 1. The third-order valence-electron chi connectivity index (χ3n) is 4.13. The third-order valence-corrected chi connectivity index (χ3v) is 5.37. The Morgan fingerprint density at radius 2 is 1.68 bits per heavy atom. The van der Waals surface area contributed by atoms with Crippen LogP contribution in [-0.4, -0.2) is 13.0 Å². The van der Waals surface area contributed by atoms with E-state index in [9.17, 15) is 4.79 Å².